The van der Waals surface area contributed by atoms with Crippen LogP contribution in [0.2, 0.25) is 0 Å². The summed E-state index contributed by atoms with van der Waals surface area (Å²) in [7, 11) is 0. The van der Waals surface area contributed by atoms with Crippen LogP contribution < -0.4 is 0 Å². The fraction of sp³-hybridized carbons (Fsp3) is 1.00. The molecule has 2 nitrogen and oxygen atoms in total. The van der Waals surface area contributed by atoms with Crippen LogP contribution in [0.25, 0.3) is 0 Å². The molecule has 0 bridgehead atoms. The number of fused-ring (bicyclic) bond motifs is 5. The van der Waals surface area contributed by atoms with Crippen LogP contribution in [0, 0.1) is 46.3 Å². The molecule has 0 aliphatic heterocycles. The molecule has 0 amide bonds. The molecule has 0 radical (unpaired) electrons. The number of aliphatic hydroxyl groups is 2. The lowest BCUT2D eigenvalue weighted by Gasteiger charge is -2.62. The second kappa shape index (κ2) is 6.76. The lowest BCUT2D eigenvalue weighted by atomic mass is 9.43. The van der Waals surface area contributed by atoms with Gasteiger partial charge in [0.2, 0.25) is 0 Å². The van der Waals surface area contributed by atoms with Gasteiger partial charge in [0.15, 0.2) is 0 Å². The lowest BCUT2D eigenvalue weighted by Crippen LogP contribution is -2.58. The predicted molar refractivity (Wildman–Crippen MR) is 107 cm³/mol. The van der Waals surface area contributed by atoms with E-state index in [2.05, 4.69) is 27.7 Å². The average Bonchev–Trinajstić information content (AvgIpc) is 2.94. The minimum absolute atomic E-state index is 0.128. The van der Waals surface area contributed by atoms with E-state index < -0.39 is 0 Å². The average molecular weight is 363 g/mol. The Bertz CT molecular complexity index is 518. The minimum Gasteiger partial charge on any atom is -0.393 e. The van der Waals surface area contributed by atoms with Gasteiger partial charge in [0.05, 0.1) is 12.2 Å². The van der Waals surface area contributed by atoms with Crippen LogP contribution in [0.3, 0.4) is 0 Å². The normalized spacial score (nSPS) is 54.9. The van der Waals surface area contributed by atoms with Crippen LogP contribution in [-0.2, 0) is 0 Å². The molecule has 0 aromatic rings. The molecule has 0 heterocycles. The van der Waals surface area contributed by atoms with Crippen molar-refractivity contribution in [2.24, 2.45) is 46.3 Å². The summed E-state index contributed by atoms with van der Waals surface area (Å²) in [6.07, 6.45) is 11.8. The van der Waals surface area contributed by atoms with Crippen molar-refractivity contribution < 1.29 is 10.2 Å². The van der Waals surface area contributed by atoms with Gasteiger partial charge < -0.3 is 10.2 Å². The van der Waals surface area contributed by atoms with E-state index in [4.69, 9.17) is 0 Å². The minimum atomic E-state index is -0.131. The number of hydrogen-bond acceptors (Lipinski definition) is 2. The summed E-state index contributed by atoms with van der Waals surface area (Å²) in [6, 6.07) is 0. The second-order valence-electron chi connectivity index (χ2n) is 11.2. The summed E-state index contributed by atoms with van der Waals surface area (Å²) in [6.45, 7) is 9.92. The Morgan fingerprint density at radius 1 is 0.923 bits per heavy atom. The van der Waals surface area contributed by atoms with E-state index in [1.165, 1.54) is 44.9 Å². The molecule has 2 heteroatoms. The van der Waals surface area contributed by atoms with Crippen LogP contribution in [0.15, 0.2) is 0 Å². The van der Waals surface area contributed by atoms with Gasteiger partial charge in [0, 0.05) is 0 Å². The molecule has 0 spiro atoms. The molecule has 4 rings (SSSR count). The SMILES string of the molecule is CCC[C@@H](C)[C@H]1CC[C@H]2[C@H]3C(CC[C@]12C)[C@@]1(C)CC[C@@H](O)C[C@H]1C[C@@H]3O. The smallest absolute Gasteiger partial charge is 0.0577 e. The Hall–Kier alpha value is -0.0800. The van der Waals surface area contributed by atoms with Gasteiger partial charge in [-0.15, -0.1) is 0 Å². The zero-order valence-electron chi connectivity index (χ0n) is 17.6. The van der Waals surface area contributed by atoms with Crippen molar-refractivity contribution in [1.29, 1.82) is 0 Å². The van der Waals surface area contributed by atoms with Gasteiger partial charge in [0.1, 0.15) is 0 Å². The van der Waals surface area contributed by atoms with Crippen molar-refractivity contribution in [1.82, 2.24) is 0 Å². The largest absolute Gasteiger partial charge is 0.393 e. The topological polar surface area (TPSA) is 40.5 Å². The van der Waals surface area contributed by atoms with Crippen molar-refractivity contribution in [3.05, 3.63) is 0 Å². The second-order valence-corrected chi connectivity index (χ2v) is 11.2. The fourth-order valence-electron chi connectivity index (χ4n) is 8.83. The van der Waals surface area contributed by atoms with E-state index in [9.17, 15) is 10.2 Å². The molecule has 4 aliphatic carbocycles. The molecule has 4 saturated carbocycles. The first-order chi connectivity index (χ1) is 12.3. The third kappa shape index (κ3) is 2.72. The van der Waals surface area contributed by atoms with Crippen molar-refractivity contribution >= 4 is 0 Å². The van der Waals surface area contributed by atoms with Gasteiger partial charge in [0.25, 0.3) is 0 Å². The van der Waals surface area contributed by atoms with Crippen molar-refractivity contribution in [2.75, 3.05) is 0 Å². The first-order valence-electron chi connectivity index (χ1n) is 11.7. The maximum Gasteiger partial charge on any atom is 0.0577 e. The summed E-state index contributed by atoms with van der Waals surface area (Å²) in [5, 5.41) is 21.5. The van der Waals surface area contributed by atoms with E-state index in [0.717, 1.165) is 37.0 Å². The maximum atomic E-state index is 11.3. The Kier molecular flexibility index (Phi) is 5.01. The summed E-state index contributed by atoms with van der Waals surface area (Å²) in [5.41, 5.74) is 0.811. The van der Waals surface area contributed by atoms with E-state index in [1.54, 1.807) is 0 Å². The number of rotatable bonds is 3. The molecular formula is C24H42O2. The van der Waals surface area contributed by atoms with Gasteiger partial charge in [-0.3, -0.25) is 0 Å². The zero-order chi connectivity index (χ0) is 18.7. The molecule has 10 atom stereocenters. The van der Waals surface area contributed by atoms with Gasteiger partial charge in [-0.05, 0) is 97.7 Å². The van der Waals surface area contributed by atoms with Crippen LogP contribution >= 0.6 is 0 Å². The molecule has 26 heavy (non-hydrogen) atoms. The Balaban J connectivity index is 1.61. The molecule has 150 valence electrons. The van der Waals surface area contributed by atoms with Crippen LogP contribution in [-0.4, -0.2) is 22.4 Å². The third-order valence-electron chi connectivity index (χ3n) is 10.2. The molecule has 4 aliphatic rings. The molecule has 1 unspecified atom stereocenters. The number of aliphatic hydroxyl groups excluding tert-OH is 2. The summed E-state index contributed by atoms with van der Waals surface area (Å²) in [5.74, 6) is 4.15. The zero-order valence-corrected chi connectivity index (χ0v) is 17.6. The molecule has 0 aromatic heterocycles. The molecular weight excluding hydrogens is 320 g/mol. The number of hydrogen-bond donors (Lipinski definition) is 2. The molecule has 4 fully saturated rings. The van der Waals surface area contributed by atoms with E-state index in [0.29, 0.717) is 28.6 Å². The highest BCUT2D eigenvalue weighted by Gasteiger charge is 2.62. The Morgan fingerprint density at radius 2 is 1.62 bits per heavy atom. The standard InChI is InChI=1S/C24H42O2/c1-5-6-15(2)18-7-8-19-22-20(10-12-24(18,19)4)23(3)11-9-17(25)13-16(23)14-21(22)26/h15-22,25-26H,5-14H2,1-4H3/t15-,16+,17-,18-,19+,20?,21+,22+,23+,24-/m1/s1. The highest BCUT2D eigenvalue weighted by atomic mass is 16.3. The van der Waals surface area contributed by atoms with Crippen molar-refractivity contribution in [3.8, 4) is 0 Å². The van der Waals surface area contributed by atoms with Gasteiger partial charge in [-0.25, -0.2) is 0 Å². The highest BCUT2D eigenvalue weighted by molar-refractivity contribution is 5.11. The van der Waals surface area contributed by atoms with E-state index in [1.807, 2.05) is 0 Å². The van der Waals surface area contributed by atoms with Gasteiger partial charge in [-0.2, -0.15) is 0 Å². The molecule has 0 aromatic carbocycles. The van der Waals surface area contributed by atoms with Crippen molar-refractivity contribution in [3.63, 3.8) is 0 Å². The van der Waals surface area contributed by atoms with Crippen molar-refractivity contribution in [2.45, 2.75) is 104 Å². The highest BCUT2D eigenvalue weighted by Crippen LogP contribution is 2.68. The third-order valence-corrected chi connectivity index (χ3v) is 10.2. The molecule has 0 saturated heterocycles. The lowest BCUT2D eigenvalue weighted by molar-refractivity contribution is -0.174. The fourth-order valence-corrected chi connectivity index (χ4v) is 8.83. The first-order valence-corrected chi connectivity index (χ1v) is 11.7. The van der Waals surface area contributed by atoms with Gasteiger partial charge in [-0.1, -0.05) is 40.5 Å². The quantitative estimate of drug-likeness (QED) is 0.704. The predicted octanol–water partition coefficient (Wildman–Crippen LogP) is 5.41. The van der Waals surface area contributed by atoms with Crippen LogP contribution in [0.5, 0.6) is 0 Å². The summed E-state index contributed by atoms with van der Waals surface area (Å²) < 4.78 is 0. The summed E-state index contributed by atoms with van der Waals surface area (Å²) in [4.78, 5) is 0. The van der Waals surface area contributed by atoms with E-state index in [-0.39, 0.29) is 12.2 Å². The Morgan fingerprint density at radius 3 is 2.35 bits per heavy atom. The first kappa shape index (κ1) is 19.2. The molecule has 2 N–H and O–H groups in total. The van der Waals surface area contributed by atoms with Crippen LogP contribution in [0.1, 0.15) is 91.9 Å². The van der Waals surface area contributed by atoms with Crippen LogP contribution in [0.4, 0.5) is 0 Å². The summed E-state index contributed by atoms with van der Waals surface area (Å²) >= 11 is 0. The monoisotopic (exact) mass is 362 g/mol. The van der Waals surface area contributed by atoms with Gasteiger partial charge >= 0.3 is 0 Å². The van der Waals surface area contributed by atoms with E-state index >= 15 is 0 Å². The maximum absolute atomic E-state index is 11.3. The Labute approximate surface area is 161 Å².